The SMILES string of the molecule is CC(CNC1CC1)S(=O)(=O)Nc1nc(C(C)(C)C)cs1. The van der Waals surface area contributed by atoms with Crippen LogP contribution in [-0.2, 0) is 15.4 Å². The van der Waals surface area contributed by atoms with E-state index in [2.05, 4.69) is 35.8 Å². The summed E-state index contributed by atoms with van der Waals surface area (Å²) < 4.78 is 27.0. The fraction of sp³-hybridized carbons (Fsp3) is 0.769. The first kappa shape index (κ1) is 15.7. The van der Waals surface area contributed by atoms with Gasteiger partial charge in [0, 0.05) is 23.4 Å². The molecule has 0 radical (unpaired) electrons. The van der Waals surface area contributed by atoms with Gasteiger partial charge in [-0.1, -0.05) is 20.8 Å². The Labute approximate surface area is 125 Å². The highest BCUT2D eigenvalue weighted by molar-refractivity contribution is 7.93. The number of hydrogen-bond acceptors (Lipinski definition) is 5. The molecule has 0 aromatic carbocycles. The minimum absolute atomic E-state index is 0.0701. The Kier molecular flexibility index (Phi) is 4.41. The van der Waals surface area contributed by atoms with Gasteiger partial charge in [0.1, 0.15) is 0 Å². The molecule has 1 aliphatic carbocycles. The molecule has 1 fully saturated rings. The second-order valence-electron chi connectivity index (χ2n) is 6.43. The van der Waals surface area contributed by atoms with Gasteiger partial charge in [0.05, 0.1) is 10.9 Å². The molecule has 1 heterocycles. The van der Waals surface area contributed by atoms with Gasteiger partial charge in [-0.05, 0) is 19.8 Å². The summed E-state index contributed by atoms with van der Waals surface area (Å²) in [5.41, 5.74) is 0.836. The summed E-state index contributed by atoms with van der Waals surface area (Å²) in [6, 6.07) is 0.514. The fourth-order valence-corrected chi connectivity index (χ4v) is 3.74. The summed E-state index contributed by atoms with van der Waals surface area (Å²) >= 11 is 1.34. The molecule has 114 valence electrons. The molecule has 0 saturated heterocycles. The molecule has 1 saturated carbocycles. The maximum absolute atomic E-state index is 12.2. The van der Waals surface area contributed by atoms with Gasteiger partial charge in [-0.2, -0.15) is 0 Å². The summed E-state index contributed by atoms with van der Waals surface area (Å²) in [6.45, 7) is 8.38. The van der Waals surface area contributed by atoms with Gasteiger partial charge in [-0.15, -0.1) is 11.3 Å². The maximum atomic E-state index is 12.2. The predicted octanol–water partition coefficient (Wildman–Crippen LogP) is 2.32. The van der Waals surface area contributed by atoms with E-state index < -0.39 is 15.3 Å². The van der Waals surface area contributed by atoms with Gasteiger partial charge in [0.25, 0.3) is 0 Å². The molecule has 0 spiro atoms. The zero-order valence-electron chi connectivity index (χ0n) is 12.4. The normalized spacial score (nSPS) is 18.0. The van der Waals surface area contributed by atoms with Crippen molar-refractivity contribution in [3.05, 3.63) is 11.1 Å². The van der Waals surface area contributed by atoms with Crippen molar-refractivity contribution in [3.63, 3.8) is 0 Å². The molecule has 1 unspecified atom stereocenters. The van der Waals surface area contributed by atoms with Gasteiger partial charge in [0.15, 0.2) is 5.13 Å². The van der Waals surface area contributed by atoms with Crippen LogP contribution in [0.5, 0.6) is 0 Å². The van der Waals surface area contributed by atoms with Gasteiger partial charge in [-0.3, -0.25) is 4.72 Å². The molecular weight excluding hydrogens is 294 g/mol. The number of nitrogens with one attached hydrogen (secondary N) is 2. The molecular formula is C13H23N3O2S2. The largest absolute Gasteiger partial charge is 0.313 e. The topological polar surface area (TPSA) is 71.1 Å². The van der Waals surface area contributed by atoms with Crippen LogP contribution in [0.3, 0.4) is 0 Å². The molecule has 7 heteroatoms. The molecule has 5 nitrogen and oxygen atoms in total. The van der Waals surface area contributed by atoms with Crippen molar-refractivity contribution in [2.45, 2.75) is 57.2 Å². The summed E-state index contributed by atoms with van der Waals surface area (Å²) in [5.74, 6) is 0. The highest BCUT2D eigenvalue weighted by Crippen LogP contribution is 2.27. The second-order valence-corrected chi connectivity index (χ2v) is 9.39. The first-order valence-electron chi connectivity index (χ1n) is 6.89. The van der Waals surface area contributed by atoms with E-state index in [-0.39, 0.29) is 5.41 Å². The van der Waals surface area contributed by atoms with Crippen LogP contribution >= 0.6 is 11.3 Å². The van der Waals surface area contributed by atoms with Crippen LogP contribution in [0.4, 0.5) is 5.13 Å². The molecule has 1 aliphatic rings. The quantitative estimate of drug-likeness (QED) is 0.845. The lowest BCUT2D eigenvalue weighted by Crippen LogP contribution is -2.35. The van der Waals surface area contributed by atoms with Gasteiger partial charge < -0.3 is 5.32 Å². The van der Waals surface area contributed by atoms with E-state index in [0.29, 0.717) is 17.7 Å². The predicted molar refractivity (Wildman–Crippen MR) is 83.8 cm³/mol. The number of sulfonamides is 1. The van der Waals surface area contributed by atoms with Crippen LogP contribution in [0.15, 0.2) is 5.38 Å². The zero-order valence-corrected chi connectivity index (χ0v) is 14.1. The molecule has 0 bridgehead atoms. The van der Waals surface area contributed by atoms with Gasteiger partial charge in [0.2, 0.25) is 10.0 Å². The number of hydrogen-bond donors (Lipinski definition) is 2. The van der Waals surface area contributed by atoms with Gasteiger partial charge in [-0.25, -0.2) is 13.4 Å². The second kappa shape index (κ2) is 5.61. The Morgan fingerprint density at radius 1 is 1.45 bits per heavy atom. The molecule has 0 amide bonds. The van der Waals surface area contributed by atoms with Crippen molar-refractivity contribution in [2.75, 3.05) is 11.3 Å². The number of nitrogens with zero attached hydrogens (tertiary/aromatic N) is 1. The highest BCUT2D eigenvalue weighted by Gasteiger charge is 2.27. The number of anilines is 1. The number of aromatic nitrogens is 1. The minimum Gasteiger partial charge on any atom is -0.313 e. The summed E-state index contributed by atoms with van der Waals surface area (Å²) in [5, 5.41) is 5.13. The number of thiazole rings is 1. The van der Waals surface area contributed by atoms with E-state index in [1.807, 2.05) is 5.38 Å². The Morgan fingerprint density at radius 3 is 2.60 bits per heavy atom. The Hall–Kier alpha value is -0.660. The molecule has 2 rings (SSSR count). The molecule has 2 N–H and O–H groups in total. The van der Waals surface area contributed by atoms with Crippen molar-refractivity contribution in [1.82, 2.24) is 10.3 Å². The van der Waals surface area contributed by atoms with Crippen LogP contribution in [0, 0.1) is 0 Å². The third kappa shape index (κ3) is 4.17. The zero-order chi connectivity index (χ0) is 15.0. The smallest absolute Gasteiger partial charge is 0.238 e. The Morgan fingerprint density at radius 2 is 2.10 bits per heavy atom. The van der Waals surface area contributed by atoms with Crippen molar-refractivity contribution in [3.8, 4) is 0 Å². The molecule has 1 aromatic heterocycles. The van der Waals surface area contributed by atoms with Crippen LogP contribution in [0.2, 0.25) is 0 Å². The van der Waals surface area contributed by atoms with Crippen molar-refractivity contribution >= 4 is 26.5 Å². The summed E-state index contributed by atoms with van der Waals surface area (Å²) in [4.78, 5) is 4.36. The average molecular weight is 317 g/mol. The minimum atomic E-state index is -3.38. The van der Waals surface area contributed by atoms with Crippen LogP contribution < -0.4 is 10.0 Å². The van der Waals surface area contributed by atoms with Crippen molar-refractivity contribution in [1.29, 1.82) is 0 Å². The average Bonchev–Trinajstić information content (AvgIpc) is 3.03. The van der Waals surface area contributed by atoms with Crippen LogP contribution in [0.1, 0.15) is 46.2 Å². The van der Waals surface area contributed by atoms with E-state index in [4.69, 9.17) is 0 Å². The van der Waals surface area contributed by atoms with Gasteiger partial charge >= 0.3 is 0 Å². The monoisotopic (exact) mass is 317 g/mol. The van der Waals surface area contributed by atoms with Crippen LogP contribution in [-0.4, -0.2) is 31.2 Å². The van der Waals surface area contributed by atoms with E-state index in [0.717, 1.165) is 18.5 Å². The highest BCUT2D eigenvalue weighted by atomic mass is 32.2. The number of rotatable bonds is 6. The lowest BCUT2D eigenvalue weighted by Gasteiger charge is -2.15. The molecule has 20 heavy (non-hydrogen) atoms. The molecule has 0 aliphatic heterocycles. The molecule has 1 aromatic rings. The van der Waals surface area contributed by atoms with E-state index >= 15 is 0 Å². The Bertz CT molecular complexity index is 556. The Balaban J connectivity index is 1.97. The summed E-state index contributed by atoms with van der Waals surface area (Å²) in [6.07, 6.45) is 2.31. The fourth-order valence-electron chi connectivity index (χ4n) is 1.62. The van der Waals surface area contributed by atoms with Crippen molar-refractivity contribution < 1.29 is 8.42 Å². The lowest BCUT2D eigenvalue weighted by atomic mass is 9.93. The first-order chi connectivity index (χ1) is 9.18. The van der Waals surface area contributed by atoms with Crippen molar-refractivity contribution in [2.24, 2.45) is 0 Å². The van der Waals surface area contributed by atoms with E-state index in [1.54, 1.807) is 6.92 Å². The maximum Gasteiger partial charge on any atom is 0.238 e. The standard InChI is InChI=1S/C13H23N3O2S2/c1-9(7-14-10-5-6-10)20(17,18)16-12-15-11(8-19-12)13(2,3)4/h8-10,14H,5-7H2,1-4H3,(H,15,16). The third-order valence-corrected chi connectivity index (χ3v) is 5.89. The van der Waals surface area contributed by atoms with E-state index in [9.17, 15) is 8.42 Å². The summed E-state index contributed by atoms with van der Waals surface area (Å²) in [7, 11) is -3.38. The lowest BCUT2D eigenvalue weighted by molar-refractivity contribution is 0.571. The third-order valence-electron chi connectivity index (χ3n) is 3.30. The van der Waals surface area contributed by atoms with Crippen LogP contribution in [0.25, 0.3) is 0 Å². The molecule has 1 atom stereocenters. The van der Waals surface area contributed by atoms with E-state index in [1.165, 1.54) is 11.3 Å². The first-order valence-corrected chi connectivity index (χ1v) is 9.32.